The number of alkyl halides is 3. The molecule has 0 bridgehead atoms. The maximum absolute atomic E-state index is 12.3. The van der Waals surface area contributed by atoms with Gasteiger partial charge in [0, 0.05) is 30.6 Å². The molecule has 0 radical (unpaired) electrons. The Hall–Kier alpha value is -0.630. The zero-order valence-electron chi connectivity index (χ0n) is 11.8. The zero-order valence-corrected chi connectivity index (χ0v) is 12.6. The third-order valence-corrected chi connectivity index (χ3v) is 4.39. The first-order valence-corrected chi connectivity index (χ1v) is 7.83. The SMILES string of the molecule is CCNC(=NCC(O)C(F)(F)F)N1CCSC(CC)C1. The van der Waals surface area contributed by atoms with Gasteiger partial charge in [0.2, 0.25) is 0 Å². The van der Waals surface area contributed by atoms with Crippen molar-refractivity contribution in [1.29, 1.82) is 0 Å². The number of aliphatic hydroxyl groups excluding tert-OH is 1. The van der Waals surface area contributed by atoms with Gasteiger partial charge in [-0.15, -0.1) is 0 Å². The first kappa shape index (κ1) is 17.4. The fourth-order valence-electron chi connectivity index (χ4n) is 1.86. The molecular formula is C12H22F3N3OS. The van der Waals surface area contributed by atoms with Crippen molar-refractivity contribution < 1.29 is 18.3 Å². The lowest BCUT2D eigenvalue weighted by atomic mass is 10.3. The second kappa shape index (κ2) is 7.97. The van der Waals surface area contributed by atoms with Crippen LogP contribution in [0.25, 0.3) is 0 Å². The fraction of sp³-hybridized carbons (Fsp3) is 0.917. The number of hydrogen-bond acceptors (Lipinski definition) is 3. The molecule has 0 aliphatic carbocycles. The predicted octanol–water partition coefficient (Wildman–Crippen LogP) is 1.70. The van der Waals surface area contributed by atoms with Crippen molar-refractivity contribution in [3.8, 4) is 0 Å². The minimum atomic E-state index is -4.62. The lowest BCUT2D eigenvalue weighted by Gasteiger charge is -2.34. The Kier molecular flexibility index (Phi) is 6.94. The highest BCUT2D eigenvalue weighted by molar-refractivity contribution is 8.00. The summed E-state index contributed by atoms with van der Waals surface area (Å²) in [4.78, 5) is 5.89. The molecule has 1 rings (SSSR count). The quantitative estimate of drug-likeness (QED) is 0.613. The Morgan fingerprint density at radius 2 is 2.20 bits per heavy atom. The van der Waals surface area contributed by atoms with Crippen LogP contribution in [0.4, 0.5) is 13.2 Å². The molecule has 2 unspecified atom stereocenters. The number of aliphatic hydroxyl groups is 1. The first-order chi connectivity index (χ1) is 9.38. The number of hydrogen-bond donors (Lipinski definition) is 2. The maximum atomic E-state index is 12.3. The van der Waals surface area contributed by atoms with E-state index < -0.39 is 18.8 Å². The second-order valence-electron chi connectivity index (χ2n) is 4.60. The van der Waals surface area contributed by atoms with Crippen molar-refractivity contribution in [2.45, 2.75) is 37.8 Å². The monoisotopic (exact) mass is 313 g/mol. The van der Waals surface area contributed by atoms with E-state index in [-0.39, 0.29) is 0 Å². The van der Waals surface area contributed by atoms with Gasteiger partial charge in [-0.3, -0.25) is 4.99 Å². The summed E-state index contributed by atoms with van der Waals surface area (Å²) in [5.41, 5.74) is 0. The van der Waals surface area contributed by atoms with Crippen LogP contribution < -0.4 is 5.32 Å². The number of guanidine groups is 1. The average molecular weight is 313 g/mol. The summed E-state index contributed by atoms with van der Waals surface area (Å²) in [6, 6.07) is 0. The van der Waals surface area contributed by atoms with Crippen LogP contribution in [0, 0.1) is 0 Å². The molecule has 1 heterocycles. The molecule has 0 aromatic carbocycles. The van der Waals surface area contributed by atoms with Gasteiger partial charge in [-0.2, -0.15) is 24.9 Å². The summed E-state index contributed by atoms with van der Waals surface area (Å²) in [5, 5.41) is 12.5. The lowest BCUT2D eigenvalue weighted by molar-refractivity contribution is -0.199. The van der Waals surface area contributed by atoms with Crippen molar-refractivity contribution in [2.24, 2.45) is 4.99 Å². The van der Waals surface area contributed by atoms with Crippen LogP contribution in [-0.2, 0) is 0 Å². The molecule has 0 saturated carbocycles. The molecule has 4 nitrogen and oxygen atoms in total. The van der Waals surface area contributed by atoms with Crippen LogP contribution in [0.1, 0.15) is 20.3 Å². The number of nitrogens with zero attached hydrogens (tertiary/aromatic N) is 2. The average Bonchev–Trinajstić information content (AvgIpc) is 2.42. The highest BCUT2D eigenvalue weighted by atomic mass is 32.2. The number of halogens is 3. The van der Waals surface area contributed by atoms with Gasteiger partial charge in [-0.1, -0.05) is 6.92 Å². The Morgan fingerprint density at radius 1 is 1.50 bits per heavy atom. The summed E-state index contributed by atoms with van der Waals surface area (Å²) in [6.07, 6.45) is -6.01. The molecule has 0 aromatic heterocycles. The number of nitrogens with one attached hydrogen (secondary N) is 1. The molecule has 118 valence electrons. The molecule has 8 heteroatoms. The summed E-state index contributed by atoms with van der Waals surface area (Å²) in [5.74, 6) is 1.39. The van der Waals surface area contributed by atoms with Crippen LogP contribution in [0.5, 0.6) is 0 Å². The number of thioether (sulfide) groups is 1. The molecule has 0 spiro atoms. The standard InChI is InChI=1S/C12H22F3N3OS/c1-3-9-8-18(5-6-20-9)11(16-4-2)17-7-10(19)12(13,14)15/h9-10,19H,3-8H2,1-2H3,(H,16,17). The van der Waals surface area contributed by atoms with Gasteiger partial charge >= 0.3 is 6.18 Å². The van der Waals surface area contributed by atoms with E-state index >= 15 is 0 Å². The van der Waals surface area contributed by atoms with Crippen molar-refractivity contribution in [1.82, 2.24) is 10.2 Å². The number of aliphatic imine (C=N–C) groups is 1. The smallest absolute Gasteiger partial charge is 0.382 e. The summed E-state index contributed by atoms with van der Waals surface area (Å²) >= 11 is 1.88. The van der Waals surface area contributed by atoms with Gasteiger partial charge in [0.15, 0.2) is 12.1 Å². The highest BCUT2D eigenvalue weighted by Crippen LogP contribution is 2.22. The Morgan fingerprint density at radius 3 is 2.75 bits per heavy atom. The largest absolute Gasteiger partial charge is 0.416 e. The minimum Gasteiger partial charge on any atom is -0.382 e. The summed E-state index contributed by atoms with van der Waals surface area (Å²) < 4.78 is 36.9. The van der Waals surface area contributed by atoms with E-state index in [9.17, 15) is 13.2 Å². The Labute approximate surface area is 121 Å². The number of rotatable bonds is 4. The van der Waals surface area contributed by atoms with E-state index in [1.54, 1.807) is 0 Å². The fourth-order valence-corrected chi connectivity index (χ4v) is 3.04. The van der Waals surface area contributed by atoms with E-state index in [1.165, 1.54) is 0 Å². The predicted molar refractivity (Wildman–Crippen MR) is 76.2 cm³/mol. The van der Waals surface area contributed by atoms with E-state index in [0.29, 0.717) is 17.8 Å². The molecular weight excluding hydrogens is 291 g/mol. The molecule has 0 amide bonds. The van der Waals surface area contributed by atoms with Crippen molar-refractivity contribution >= 4 is 17.7 Å². The third-order valence-electron chi connectivity index (χ3n) is 3.02. The normalized spacial score (nSPS) is 22.8. The van der Waals surface area contributed by atoms with Crippen molar-refractivity contribution in [3.63, 3.8) is 0 Å². The Balaban J connectivity index is 2.67. The van der Waals surface area contributed by atoms with E-state index in [1.807, 2.05) is 23.6 Å². The van der Waals surface area contributed by atoms with Crippen molar-refractivity contribution in [3.05, 3.63) is 0 Å². The topological polar surface area (TPSA) is 47.9 Å². The van der Waals surface area contributed by atoms with Gasteiger partial charge in [0.25, 0.3) is 0 Å². The second-order valence-corrected chi connectivity index (χ2v) is 6.01. The lowest BCUT2D eigenvalue weighted by Crippen LogP contribution is -2.48. The van der Waals surface area contributed by atoms with Gasteiger partial charge in [0.05, 0.1) is 6.54 Å². The van der Waals surface area contributed by atoms with Gasteiger partial charge in [-0.05, 0) is 13.3 Å². The van der Waals surface area contributed by atoms with E-state index in [4.69, 9.17) is 5.11 Å². The molecule has 1 fully saturated rings. The Bertz CT molecular complexity index is 326. The van der Waals surface area contributed by atoms with Crippen LogP contribution in [0.3, 0.4) is 0 Å². The molecule has 0 aromatic rings. The molecule has 1 aliphatic heterocycles. The van der Waals surface area contributed by atoms with Crippen molar-refractivity contribution in [2.75, 3.05) is 31.9 Å². The molecule has 1 aliphatic rings. The van der Waals surface area contributed by atoms with Crippen LogP contribution in [0.2, 0.25) is 0 Å². The van der Waals surface area contributed by atoms with E-state index in [2.05, 4.69) is 17.2 Å². The van der Waals surface area contributed by atoms with Crippen LogP contribution in [-0.4, -0.2) is 65.4 Å². The molecule has 2 N–H and O–H groups in total. The highest BCUT2D eigenvalue weighted by Gasteiger charge is 2.38. The summed E-state index contributed by atoms with van der Waals surface area (Å²) in [7, 11) is 0. The summed E-state index contributed by atoms with van der Waals surface area (Å²) in [6.45, 7) is 5.42. The van der Waals surface area contributed by atoms with Gasteiger partial charge in [-0.25, -0.2) is 0 Å². The zero-order chi connectivity index (χ0) is 15.2. The van der Waals surface area contributed by atoms with Gasteiger partial charge in [0.1, 0.15) is 0 Å². The van der Waals surface area contributed by atoms with Gasteiger partial charge < -0.3 is 15.3 Å². The van der Waals surface area contributed by atoms with Crippen LogP contribution in [0.15, 0.2) is 4.99 Å². The molecule has 20 heavy (non-hydrogen) atoms. The maximum Gasteiger partial charge on any atom is 0.416 e. The minimum absolute atomic E-state index is 0.453. The molecule has 2 atom stereocenters. The molecule has 1 saturated heterocycles. The van der Waals surface area contributed by atoms with E-state index in [0.717, 1.165) is 25.3 Å². The first-order valence-electron chi connectivity index (χ1n) is 6.78. The van der Waals surface area contributed by atoms with Crippen LogP contribution >= 0.6 is 11.8 Å². The third kappa shape index (κ3) is 5.40.